The molecule has 0 amide bonds. The van der Waals surface area contributed by atoms with Crippen LogP contribution in [0.1, 0.15) is 0 Å². The summed E-state index contributed by atoms with van der Waals surface area (Å²) in [6.07, 6.45) is 0. The highest BCUT2D eigenvalue weighted by Crippen LogP contribution is 2.27. The van der Waals surface area contributed by atoms with E-state index in [1.54, 1.807) is 18.2 Å². The molecule has 0 aliphatic rings. The average molecular weight is 214 g/mol. The van der Waals surface area contributed by atoms with Crippen molar-refractivity contribution in [2.45, 2.75) is 0 Å². The molecule has 0 spiro atoms. The van der Waals surface area contributed by atoms with Crippen molar-refractivity contribution < 1.29 is 4.74 Å². The van der Waals surface area contributed by atoms with Crippen molar-refractivity contribution in [1.82, 2.24) is 0 Å². The fourth-order valence-corrected chi connectivity index (χ4v) is 1.44. The predicted octanol–water partition coefficient (Wildman–Crippen LogP) is 2.93. The first-order valence-electron chi connectivity index (χ1n) is 4.53. The van der Waals surface area contributed by atoms with Gasteiger partial charge in [-0.15, -0.1) is 0 Å². The van der Waals surface area contributed by atoms with E-state index in [1.807, 2.05) is 30.3 Å². The van der Waals surface area contributed by atoms with Crippen molar-refractivity contribution in [3.05, 3.63) is 53.6 Å². The highest BCUT2D eigenvalue weighted by atomic mass is 35.5. The van der Waals surface area contributed by atoms with Crippen LogP contribution in [0.2, 0.25) is 5.02 Å². The first-order chi connectivity index (χ1) is 7.25. The van der Waals surface area contributed by atoms with Crippen LogP contribution in [0.3, 0.4) is 0 Å². The summed E-state index contributed by atoms with van der Waals surface area (Å²) in [6.45, 7) is 0. The molecule has 0 aliphatic heterocycles. The summed E-state index contributed by atoms with van der Waals surface area (Å²) in [6, 6.07) is 14.6. The van der Waals surface area contributed by atoms with Gasteiger partial charge in [-0.3, -0.25) is 0 Å². The normalized spacial score (nSPS) is 9.93. The van der Waals surface area contributed by atoms with Gasteiger partial charge in [0.15, 0.2) is 0 Å². The average Bonchev–Trinajstić information content (AvgIpc) is 2.24. The van der Waals surface area contributed by atoms with Crippen LogP contribution < -0.4 is 10.2 Å². The molecule has 72 valence electrons. The third-order valence-corrected chi connectivity index (χ3v) is 2.22. The van der Waals surface area contributed by atoms with Crippen molar-refractivity contribution >= 4 is 24.9 Å². The van der Waals surface area contributed by atoms with Gasteiger partial charge < -0.3 is 4.74 Å². The van der Waals surface area contributed by atoms with Gasteiger partial charge in [0.25, 0.3) is 0 Å². The molecule has 0 aliphatic carbocycles. The predicted molar refractivity (Wildman–Crippen MR) is 63.4 cm³/mol. The van der Waals surface area contributed by atoms with Crippen molar-refractivity contribution in [3.63, 3.8) is 0 Å². The number of halogens is 1. The lowest BCUT2D eigenvalue weighted by Crippen LogP contribution is -2.00. The van der Waals surface area contributed by atoms with Crippen LogP contribution in [-0.4, -0.2) is 7.85 Å². The number of hydrogen-bond acceptors (Lipinski definition) is 1. The molecule has 15 heavy (non-hydrogen) atoms. The van der Waals surface area contributed by atoms with Crippen LogP contribution in [0.25, 0.3) is 0 Å². The van der Waals surface area contributed by atoms with E-state index in [-0.39, 0.29) is 0 Å². The first-order valence-corrected chi connectivity index (χ1v) is 4.91. The van der Waals surface area contributed by atoms with Gasteiger partial charge in [-0.2, -0.15) is 0 Å². The van der Waals surface area contributed by atoms with Crippen LogP contribution in [0.15, 0.2) is 48.5 Å². The standard InChI is InChI=1S/C12H8BClO/c13-9-6-7-12(11(14)8-9)15-10-4-2-1-3-5-10/h1-8H. The van der Waals surface area contributed by atoms with E-state index in [0.29, 0.717) is 16.2 Å². The topological polar surface area (TPSA) is 9.23 Å². The van der Waals surface area contributed by atoms with Gasteiger partial charge in [0.05, 0.1) is 5.02 Å². The second kappa shape index (κ2) is 4.41. The molecule has 1 nitrogen and oxygen atoms in total. The Morgan fingerprint density at radius 3 is 2.40 bits per heavy atom. The van der Waals surface area contributed by atoms with Crippen LogP contribution in [-0.2, 0) is 0 Å². The summed E-state index contributed by atoms with van der Waals surface area (Å²) in [7, 11) is 5.58. The maximum absolute atomic E-state index is 5.97. The van der Waals surface area contributed by atoms with Crippen molar-refractivity contribution in [2.24, 2.45) is 0 Å². The third-order valence-electron chi connectivity index (χ3n) is 1.93. The molecule has 2 radical (unpaired) electrons. The molecule has 2 aromatic rings. The number of benzene rings is 2. The van der Waals surface area contributed by atoms with Gasteiger partial charge in [-0.25, -0.2) is 0 Å². The lowest BCUT2D eigenvalue weighted by molar-refractivity contribution is 0.483. The number of hydrogen-bond donors (Lipinski definition) is 0. The zero-order valence-corrected chi connectivity index (χ0v) is 8.74. The second-order valence-corrected chi connectivity index (χ2v) is 3.51. The van der Waals surface area contributed by atoms with E-state index in [1.165, 1.54) is 0 Å². The molecule has 0 fully saturated rings. The Morgan fingerprint density at radius 1 is 1.00 bits per heavy atom. The van der Waals surface area contributed by atoms with Crippen molar-refractivity contribution in [2.75, 3.05) is 0 Å². The van der Waals surface area contributed by atoms with E-state index in [9.17, 15) is 0 Å². The zero-order valence-electron chi connectivity index (χ0n) is 7.98. The van der Waals surface area contributed by atoms with Crippen LogP contribution in [0.5, 0.6) is 11.5 Å². The summed E-state index contributed by atoms with van der Waals surface area (Å²) in [5, 5.41) is 0.513. The Hall–Kier alpha value is -1.41. The Morgan fingerprint density at radius 2 is 1.73 bits per heavy atom. The molecule has 0 saturated carbocycles. The Balaban J connectivity index is 2.25. The van der Waals surface area contributed by atoms with Crippen LogP contribution in [0, 0.1) is 0 Å². The molecular weight excluding hydrogens is 206 g/mol. The molecule has 0 saturated heterocycles. The van der Waals surface area contributed by atoms with E-state index in [2.05, 4.69) is 0 Å². The Kier molecular flexibility index (Phi) is 2.98. The van der Waals surface area contributed by atoms with Gasteiger partial charge in [0.1, 0.15) is 19.3 Å². The summed E-state index contributed by atoms with van der Waals surface area (Å²) in [5.74, 6) is 1.36. The van der Waals surface area contributed by atoms with Gasteiger partial charge >= 0.3 is 0 Å². The summed E-state index contributed by atoms with van der Waals surface area (Å²) in [4.78, 5) is 0. The number of para-hydroxylation sites is 1. The van der Waals surface area contributed by atoms with Gasteiger partial charge in [0.2, 0.25) is 0 Å². The summed E-state index contributed by atoms with van der Waals surface area (Å²) in [5.41, 5.74) is 0.625. The van der Waals surface area contributed by atoms with Gasteiger partial charge in [-0.05, 0) is 24.3 Å². The molecule has 0 atom stereocenters. The summed E-state index contributed by atoms with van der Waals surface area (Å²) >= 11 is 5.97. The van der Waals surface area contributed by atoms with E-state index in [4.69, 9.17) is 24.2 Å². The van der Waals surface area contributed by atoms with E-state index in [0.717, 1.165) is 5.75 Å². The maximum Gasteiger partial charge on any atom is 0.145 e. The third kappa shape index (κ3) is 2.54. The minimum Gasteiger partial charge on any atom is -0.456 e. The smallest absolute Gasteiger partial charge is 0.145 e. The minimum absolute atomic E-state index is 0.513. The maximum atomic E-state index is 5.97. The van der Waals surface area contributed by atoms with E-state index >= 15 is 0 Å². The lowest BCUT2D eigenvalue weighted by atomic mass is 9.97. The zero-order chi connectivity index (χ0) is 10.7. The van der Waals surface area contributed by atoms with Gasteiger partial charge in [0, 0.05) is 0 Å². The molecule has 0 heterocycles. The second-order valence-electron chi connectivity index (χ2n) is 3.10. The quantitative estimate of drug-likeness (QED) is 0.699. The van der Waals surface area contributed by atoms with Crippen molar-refractivity contribution in [1.29, 1.82) is 0 Å². The van der Waals surface area contributed by atoms with Gasteiger partial charge in [-0.1, -0.05) is 41.3 Å². The Bertz CT molecular complexity index is 456. The van der Waals surface area contributed by atoms with E-state index < -0.39 is 0 Å². The van der Waals surface area contributed by atoms with Crippen LogP contribution in [0.4, 0.5) is 0 Å². The highest BCUT2D eigenvalue weighted by Gasteiger charge is 2.01. The fraction of sp³-hybridized carbons (Fsp3) is 0. The fourth-order valence-electron chi connectivity index (χ4n) is 1.22. The molecule has 0 bridgehead atoms. The Labute approximate surface area is 95.1 Å². The minimum atomic E-state index is 0.513. The number of rotatable bonds is 2. The van der Waals surface area contributed by atoms with Crippen LogP contribution >= 0.6 is 11.6 Å². The monoisotopic (exact) mass is 214 g/mol. The first kappa shape index (κ1) is 10.1. The lowest BCUT2D eigenvalue weighted by Gasteiger charge is -2.07. The molecule has 0 N–H and O–H groups in total. The highest BCUT2D eigenvalue weighted by molar-refractivity contribution is 6.37. The summed E-state index contributed by atoms with van der Waals surface area (Å²) < 4.78 is 5.58. The molecule has 2 rings (SSSR count). The molecule has 0 aromatic heterocycles. The largest absolute Gasteiger partial charge is 0.456 e. The molecular formula is C12H8BClO. The van der Waals surface area contributed by atoms with Crippen molar-refractivity contribution in [3.8, 4) is 11.5 Å². The number of ether oxygens (including phenoxy) is 1. The molecule has 3 heteroatoms. The molecule has 0 unspecified atom stereocenters. The SMILES string of the molecule is [B]c1ccc(Oc2ccccc2)c(Cl)c1. The molecule has 2 aromatic carbocycles.